The topological polar surface area (TPSA) is 58.6 Å². The molecule has 5 rings (SSSR count). The van der Waals surface area contributed by atoms with Gasteiger partial charge in [-0.05, 0) is 61.2 Å². The zero-order valence-corrected chi connectivity index (χ0v) is 22.1. The highest BCUT2D eigenvalue weighted by Crippen LogP contribution is 2.43. The van der Waals surface area contributed by atoms with Crippen LogP contribution in [0, 0.1) is 6.92 Å². The molecule has 0 spiro atoms. The minimum Gasteiger partial charge on any atom is -0.498 e. The summed E-state index contributed by atoms with van der Waals surface area (Å²) < 4.78 is 35.8. The van der Waals surface area contributed by atoms with Crippen LogP contribution in [0.3, 0.4) is 0 Å². The molecule has 1 fully saturated rings. The van der Waals surface area contributed by atoms with Gasteiger partial charge in [-0.1, -0.05) is 71.8 Å². The molecule has 0 aromatic heterocycles. The molecule has 188 valence electrons. The molecule has 2 aliphatic heterocycles. The molecule has 3 aromatic carbocycles. The molecule has 3 aromatic rings. The highest BCUT2D eigenvalue weighted by Gasteiger charge is 2.44. The lowest BCUT2D eigenvalue weighted by atomic mass is 9.84. The van der Waals surface area contributed by atoms with Crippen molar-refractivity contribution in [3.63, 3.8) is 0 Å². The molecular formula is C29H31ClN2O3S. The SMILES string of the molecule is CCOC1=C2CN(S(=O)(=O)c3ccc(C)cc3)[C@H](c3cccc(Cl)c3)CC2N[C@H](c2ccccc2)C1. The number of fused-ring (bicyclic) bond motifs is 1. The predicted octanol–water partition coefficient (Wildman–Crippen LogP) is 6.18. The summed E-state index contributed by atoms with van der Waals surface area (Å²) >= 11 is 6.35. The fraction of sp³-hybridized carbons (Fsp3) is 0.310. The molecule has 2 heterocycles. The maximum atomic E-state index is 14.0. The van der Waals surface area contributed by atoms with Crippen LogP contribution in [0.25, 0.3) is 0 Å². The van der Waals surface area contributed by atoms with E-state index in [2.05, 4.69) is 17.4 Å². The molecular weight excluding hydrogens is 492 g/mol. The Labute approximate surface area is 218 Å². The molecule has 1 unspecified atom stereocenters. The van der Waals surface area contributed by atoms with Gasteiger partial charge in [0.1, 0.15) is 0 Å². The van der Waals surface area contributed by atoms with E-state index in [1.165, 1.54) is 5.56 Å². The summed E-state index contributed by atoms with van der Waals surface area (Å²) in [6.45, 7) is 4.73. The molecule has 2 aliphatic rings. The van der Waals surface area contributed by atoms with Gasteiger partial charge in [0.2, 0.25) is 10.0 Å². The van der Waals surface area contributed by atoms with Crippen molar-refractivity contribution in [3.05, 3.63) is 112 Å². The molecule has 0 amide bonds. The number of nitrogens with zero attached hydrogens (tertiary/aromatic N) is 1. The fourth-order valence-electron chi connectivity index (χ4n) is 5.28. The summed E-state index contributed by atoms with van der Waals surface area (Å²) in [7, 11) is -3.77. The Morgan fingerprint density at radius 3 is 2.39 bits per heavy atom. The highest BCUT2D eigenvalue weighted by atomic mass is 35.5. The first-order valence-electron chi connectivity index (χ1n) is 12.4. The number of aryl methyl sites for hydroxylation is 1. The van der Waals surface area contributed by atoms with Crippen LogP contribution in [0.4, 0.5) is 0 Å². The number of piperidine rings is 1. The number of rotatable bonds is 6. The lowest BCUT2D eigenvalue weighted by Crippen LogP contribution is -2.51. The zero-order chi connectivity index (χ0) is 25.3. The van der Waals surface area contributed by atoms with E-state index < -0.39 is 10.0 Å². The first-order chi connectivity index (χ1) is 17.4. The molecule has 0 aliphatic carbocycles. The van der Waals surface area contributed by atoms with Crippen molar-refractivity contribution in [2.75, 3.05) is 13.2 Å². The summed E-state index contributed by atoms with van der Waals surface area (Å²) in [4.78, 5) is 0.295. The molecule has 5 nitrogen and oxygen atoms in total. The number of benzene rings is 3. The van der Waals surface area contributed by atoms with Gasteiger partial charge in [0.05, 0.1) is 23.3 Å². The molecule has 36 heavy (non-hydrogen) atoms. The maximum Gasteiger partial charge on any atom is 0.243 e. The van der Waals surface area contributed by atoms with E-state index in [-0.39, 0.29) is 24.7 Å². The van der Waals surface area contributed by atoms with Crippen molar-refractivity contribution in [1.29, 1.82) is 0 Å². The number of halogens is 1. The van der Waals surface area contributed by atoms with Crippen molar-refractivity contribution in [1.82, 2.24) is 9.62 Å². The van der Waals surface area contributed by atoms with E-state index in [0.717, 1.165) is 22.5 Å². The van der Waals surface area contributed by atoms with Gasteiger partial charge < -0.3 is 10.1 Å². The van der Waals surface area contributed by atoms with E-state index in [1.54, 1.807) is 16.4 Å². The summed E-state index contributed by atoms with van der Waals surface area (Å²) in [5.74, 6) is 0.892. The van der Waals surface area contributed by atoms with Crippen LogP contribution < -0.4 is 5.32 Å². The lowest BCUT2D eigenvalue weighted by molar-refractivity contribution is 0.164. The Kier molecular flexibility index (Phi) is 7.22. The quantitative estimate of drug-likeness (QED) is 0.420. The molecule has 0 bridgehead atoms. The van der Waals surface area contributed by atoms with E-state index in [1.807, 2.05) is 68.4 Å². The van der Waals surface area contributed by atoms with E-state index in [9.17, 15) is 8.42 Å². The Balaban J connectivity index is 1.59. The van der Waals surface area contributed by atoms with Crippen LogP contribution in [0.5, 0.6) is 0 Å². The van der Waals surface area contributed by atoms with Crippen LogP contribution in [-0.4, -0.2) is 31.9 Å². The average Bonchev–Trinajstić information content (AvgIpc) is 2.89. The number of hydrogen-bond acceptors (Lipinski definition) is 4. The molecule has 1 saturated heterocycles. The van der Waals surface area contributed by atoms with Gasteiger partial charge in [0.15, 0.2) is 0 Å². The van der Waals surface area contributed by atoms with Crippen LogP contribution in [0.15, 0.2) is 95.1 Å². The van der Waals surface area contributed by atoms with Gasteiger partial charge in [-0.15, -0.1) is 0 Å². The largest absolute Gasteiger partial charge is 0.498 e. The fourth-order valence-corrected chi connectivity index (χ4v) is 7.08. The normalized spacial score (nSPS) is 22.8. The number of hydrogen-bond donors (Lipinski definition) is 1. The Morgan fingerprint density at radius 2 is 1.69 bits per heavy atom. The predicted molar refractivity (Wildman–Crippen MR) is 143 cm³/mol. The highest BCUT2D eigenvalue weighted by molar-refractivity contribution is 7.89. The van der Waals surface area contributed by atoms with Crippen LogP contribution in [0.1, 0.15) is 48.5 Å². The van der Waals surface area contributed by atoms with Gasteiger partial charge in [-0.3, -0.25) is 0 Å². The van der Waals surface area contributed by atoms with Crippen molar-refractivity contribution >= 4 is 21.6 Å². The van der Waals surface area contributed by atoms with Gasteiger partial charge >= 0.3 is 0 Å². The zero-order valence-electron chi connectivity index (χ0n) is 20.5. The molecule has 7 heteroatoms. The minimum atomic E-state index is -3.77. The monoisotopic (exact) mass is 522 g/mol. The van der Waals surface area contributed by atoms with Crippen molar-refractivity contribution in [3.8, 4) is 0 Å². The van der Waals surface area contributed by atoms with Crippen molar-refractivity contribution in [2.24, 2.45) is 0 Å². The summed E-state index contributed by atoms with van der Waals surface area (Å²) in [6.07, 6.45) is 1.27. The number of nitrogens with one attached hydrogen (secondary N) is 1. The summed E-state index contributed by atoms with van der Waals surface area (Å²) in [6, 6.07) is 24.7. The summed E-state index contributed by atoms with van der Waals surface area (Å²) in [5, 5.41) is 4.39. The minimum absolute atomic E-state index is 0.0149. The van der Waals surface area contributed by atoms with Crippen LogP contribution in [-0.2, 0) is 14.8 Å². The van der Waals surface area contributed by atoms with Crippen molar-refractivity contribution in [2.45, 2.75) is 49.7 Å². The maximum absolute atomic E-state index is 14.0. The van der Waals surface area contributed by atoms with Crippen LogP contribution >= 0.6 is 11.6 Å². The molecule has 0 radical (unpaired) electrons. The van der Waals surface area contributed by atoms with Gasteiger partial charge in [0.25, 0.3) is 0 Å². The first-order valence-corrected chi connectivity index (χ1v) is 14.2. The summed E-state index contributed by atoms with van der Waals surface area (Å²) in [5.41, 5.74) is 4.11. The van der Waals surface area contributed by atoms with Gasteiger partial charge in [-0.2, -0.15) is 4.31 Å². The van der Waals surface area contributed by atoms with Gasteiger partial charge in [0, 0.05) is 30.1 Å². The first kappa shape index (κ1) is 25.0. The third-order valence-electron chi connectivity index (χ3n) is 7.08. The molecule has 0 saturated carbocycles. The third kappa shape index (κ3) is 4.96. The molecule has 3 atom stereocenters. The van der Waals surface area contributed by atoms with Gasteiger partial charge in [-0.25, -0.2) is 8.42 Å². The second kappa shape index (κ2) is 10.4. The van der Waals surface area contributed by atoms with Crippen molar-refractivity contribution < 1.29 is 13.2 Å². The second-order valence-corrected chi connectivity index (χ2v) is 11.8. The number of ether oxygens (including phenoxy) is 1. The standard InChI is InChI=1S/C29H31ClN2O3S/c1-3-35-29-18-26(21-8-5-4-6-9-21)31-27-17-28(22-10-7-11-23(30)16-22)32(19-25(27)29)36(33,34)24-14-12-20(2)13-15-24/h4-16,26-28,31H,3,17-19H2,1-2H3/t26-,27?,28-/m0/s1. The smallest absolute Gasteiger partial charge is 0.243 e. The molecule has 1 N–H and O–H groups in total. The third-order valence-corrected chi connectivity index (χ3v) is 9.19. The number of sulfonamides is 1. The van der Waals surface area contributed by atoms with E-state index >= 15 is 0 Å². The van der Waals surface area contributed by atoms with E-state index in [4.69, 9.17) is 16.3 Å². The Hall–Kier alpha value is -2.64. The average molecular weight is 523 g/mol. The van der Waals surface area contributed by atoms with E-state index in [0.29, 0.717) is 29.4 Å². The second-order valence-electron chi connectivity index (χ2n) is 9.44. The Bertz CT molecular complexity index is 1360. The Morgan fingerprint density at radius 1 is 0.972 bits per heavy atom. The van der Waals surface area contributed by atoms with Crippen LogP contribution in [0.2, 0.25) is 5.02 Å². The lowest BCUT2D eigenvalue weighted by Gasteiger charge is -2.45.